The van der Waals surface area contributed by atoms with Crippen LogP contribution in [-0.2, 0) is 39.3 Å². The van der Waals surface area contributed by atoms with Gasteiger partial charge < -0.3 is 62.9 Å². The maximum atomic E-state index is 11.5. The fourth-order valence-electron chi connectivity index (χ4n) is 15.5. The lowest BCUT2D eigenvalue weighted by atomic mass is 9.85. The molecular formula is C76H106N12O7. The summed E-state index contributed by atoms with van der Waals surface area (Å²) in [5, 5.41) is 11.5. The highest BCUT2D eigenvalue weighted by Gasteiger charge is 2.36. The van der Waals surface area contributed by atoms with Crippen molar-refractivity contribution in [3.05, 3.63) is 141 Å². The number of nitrogens with zero attached hydrogens (tertiary/aromatic N) is 12. The number of anilines is 6. The fraction of sp³-hybridized carbons (Fsp3) is 0.526. The van der Waals surface area contributed by atoms with E-state index in [1.165, 1.54) is 61.8 Å². The molecule has 19 nitrogen and oxygen atoms in total. The van der Waals surface area contributed by atoms with Crippen LogP contribution < -0.4 is 57.8 Å². The zero-order valence-corrected chi connectivity index (χ0v) is 59.0. The maximum Gasteiger partial charge on any atom is 0.143 e. The number of hydrogen-bond acceptors (Lipinski definition) is 19. The average molecular weight is 1300 g/mol. The lowest BCUT2D eigenvalue weighted by molar-refractivity contribution is 0.0625. The molecule has 12 rings (SSSR count). The van der Waals surface area contributed by atoms with E-state index in [1.54, 1.807) is 0 Å². The summed E-state index contributed by atoms with van der Waals surface area (Å²) in [4.78, 5) is 29.1. The van der Waals surface area contributed by atoms with Gasteiger partial charge in [0.15, 0.2) is 0 Å². The van der Waals surface area contributed by atoms with Crippen LogP contribution in [0.4, 0.5) is 34.1 Å². The summed E-state index contributed by atoms with van der Waals surface area (Å²) < 4.78 is 39.2. The van der Waals surface area contributed by atoms with E-state index in [-0.39, 0.29) is 19.1 Å². The molecule has 1 unspecified atom stereocenters. The molecule has 0 radical (unpaired) electrons. The van der Waals surface area contributed by atoms with Gasteiger partial charge in [-0.1, -0.05) is 36.4 Å². The Bertz CT molecular complexity index is 3410. The summed E-state index contributed by atoms with van der Waals surface area (Å²) in [5.74, 6) is 4.98. The van der Waals surface area contributed by atoms with Crippen LogP contribution in [0.15, 0.2) is 91.0 Å². The Labute approximate surface area is 566 Å². The first kappa shape index (κ1) is 67.6. The van der Waals surface area contributed by atoms with Gasteiger partial charge in [-0.05, 0) is 172 Å². The Morgan fingerprint density at radius 3 is 0.905 bits per heavy atom. The van der Waals surface area contributed by atoms with Crippen LogP contribution in [0, 0.1) is 0 Å². The average Bonchev–Trinajstić information content (AvgIpc) is 0.764. The zero-order valence-electron chi connectivity index (χ0n) is 59.0. The summed E-state index contributed by atoms with van der Waals surface area (Å²) in [5.41, 5.74) is 19.1. The van der Waals surface area contributed by atoms with Gasteiger partial charge in [-0.3, -0.25) is 29.4 Å². The second-order valence-corrected chi connectivity index (χ2v) is 27.2. The standard InChI is InChI=1S/C76H106N12O7/c1-13-83-48-77(7)40-57-37-67(74-64(71(57)83)43-80(10)51-86(74)16-4)92-35-19-33-90-61-27-21-54(22-28-61)70(55-23-29-62(30-24-55)91-34-20-36-93-68-38-58-41-78(8)49-84(14-2)72(58)65-44-81(11)52-87(17-5)75(65)68)56-25-31-63(32-26-56)94-46-60(89)47-95-69-39-59-42-79(9)50-85(15-3)73(59)66-45-82(12)53-88(18-6)76(66)69/h21-32,37-39,60,70,89H,13-20,33-36,40-53H2,1-12H3. The van der Waals surface area contributed by atoms with Crippen LogP contribution >= 0.6 is 0 Å². The first-order valence-electron chi connectivity index (χ1n) is 35.1. The SMILES string of the molecule is CCN1CN(C)Cc2cc(OCCCOc3ccc(C(c4ccc(OCCCOc5cc6c(c7c5N(CC)CN(C)C7)N(CC)CN(C)C6)cc4)c4ccc(OCC(O)COc5cc6c(c7c5N(CC)CN(C)C7)N(CC)CN(C)C6)cc4)cc3)c3c(c21)CN(C)CN3CC. The molecule has 6 aromatic carbocycles. The Morgan fingerprint density at radius 1 is 0.326 bits per heavy atom. The third-order valence-corrected chi connectivity index (χ3v) is 19.7. The largest absolute Gasteiger partial charge is 0.493 e. The molecule has 0 fully saturated rings. The fourth-order valence-corrected chi connectivity index (χ4v) is 15.5. The van der Waals surface area contributed by atoms with Crippen LogP contribution in [0.2, 0.25) is 0 Å². The molecule has 0 aliphatic carbocycles. The molecule has 6 aliphatic heterocycles. The highest BCUT2D eigenvalue weighted by Crippen LogP contribution is 2.49. The van der Waals surface area contributed by atoms with E-state index in [9.17, 15) is 5.11 Å². The predicted octanol–water partition coefficient (Wildman–Crippen LogP) is 10.8. The quantitative estimate of drug-likeness (QED) is 0.0389. The van der Waals surface area contributed by atoms with Crippen molar-refractivity contribution in [2.24, 2.45) is 0 Å². The predicted molar refractivity (Wildman–Crippen MR) is 384 cm³/mol. The van der Waals surface area contributed by atoms with Crippen molar-refractivity contribution >= 4 is 34.1 Å². The molecule has 0 amide bonds. The van der Waals surface area contributed by atoms with E-state index in [0.29, 0.717) is 32.2 Å². The van der Waals surface area contributed by atoms with Gasteiger partial charge >= 0.3 is 0 Å². The molecule has 6 aliphatic rings. The first-order chi connectivity index (χ1) is 46.1. The molecular weight excluding hydrogens is 1190 g/mol. The monoisotopic (exact) mass is 1300 g/mol. The van der Waals surface area contributed by atoms with Crippen molar-refractivity contribution in [1.29, 1.82) is 0 Å². The molecule has 6 heterocycles. The number of hydrogen-bond donors (Lipinski definition) is 1. The first-order valence-corrected chi connectivity index (χ1v) is 35.1. The lowest BCUT2D eigenvalue weighted by Crippen LogP contribution is -2.45. The molecule has 1 N–H and O–H groups in total. The van der Waals surface area contributed by atoms with Crippen molar-refractivity contribution < 1.29 is 33.5 Å². The van der Waals surface area contributed by atoms with Gasteiger partial charge in [-0.2, -0.15) is 0 Å². The molecule has 6 aromatic rings. The third-order valence-electron chi connectivity index (χ3n) is 19.7. The summed E-state index contributed by atoms with van der Waals surface area (Å²) in [6.45, 7) is 31.9. The lowest BCUT2D eigenvalue weighted by Gasteiger charge is -2.43. The van der Waals surface area contributed by atoms with Gasteiger partial charge in [-0.25, -0.2) is 0 Å². The van der Waals surface area contributed by atoms with Gasteiger partial charge in [0.2, 0.25) is 0 Å². The minimum Gasteiger partial charge on any atom is -0.493 e. The topological polar surface area (TPSA) is 114 Å². The smallest absolute Gasteiger partial charge is 0.143 e. The molecule has 0 aromatic heterocycles. The maximum absolute atomic E-state index is 11.5. The van der Waals surface area contributed by atoms with Gasteiger partial charge in [-0.15, -0.1) is 0 Å². The summed E-state index contributed by atoms with van der Waals surface area (Å²) in [7, 11) is 13.2. The highest BCUT2D eigenvalue weighted by molar-refractivity contribution is 5.81. The molecule has 1 atom stereocenters. The molecule has 0 saturated carbocycles. The molecule has 0 bridgehead atoms. The van der Waals surface area contributed by atoms with Crippen LogP contribution in [0.1, 0.15) is 110 Å². The van der Waals surface area contributed by atoms with Crippen LogP contribution in [-0.4, -0.2) is 202 Å². The molecule has 0 saturated heterocycles. The normalized spacial score (nSPS) is 17.5. The van der Waals surface area contributed by atoms with Crippen molar-refractivity contribution in [1.82, 2.24) is 29.4 Å². The molecule has 0 spiro atoms. The zero-order chi connectivity index (χ0) is 66.4. The van der Waals surface area contributed by atoms with E-state index in [4.69, 9.17) is 28.4 Å². The highest BCUT2D eigenvalue weighted by atomic mass is 16.5. The van der Waals surface area contributed by atoms with E-state index >= 15 is 0 Å². The Kier molecular flexibility index (Phi) is 21.6. The van der Waals surface area contributed by atoms with Gasteiger partial charge in [0, 0.05) is 131 Å². The van der Waals surface area contributed by atoms with Crippen molar-refractivity contribution in [3.63, 3.8) is 0 Å². The minimum atomic E-state index is -0.848. The Hall–Kier alpha value is -7.36. The van der Waals surface area contributed by atoms with E-state index in [1.807, 2.05) is 12.1 Å². The number of fused-ring (bicyclic) bond motifs is 9. The number of aliphatic hydroxyl groups is 1. The van der Waals surface area contributed by atoms with Crippen LogP contribution in [0.25, 0.3) is 0 Å². The molecule has 512 valence electrons. The number of aliphatic hydroxyl groups excluding tert-OH is 1. The number of ether oxygens (including phenoxy) is 6. The second-order valence-electron chi connectivity index (χ2n) is 27.2. The summed E-state index contributed by atoms with van der Waals surface area (Å²) >= 11 is 0. The second kappa shape index (κ2) is 30.4. The minimum absolute atomic E-state index is 0.0889. The molecule has 19 heteroatoms. The van der Waals surface area contributed by atoms with Gasteiger partial charge in [0.1, 0.15) is 53.8 Å². The van der Waals surface area contributed by atoms with E-state index in [0.717, 1.165) is 183 Å². The third kappa shape index (κ3) is 14.8. The van der Waals surface area contributed by atoms with Gasteiger partial charge in [0.05, 0.1) is 83.5 Å². The van der Waals surface area contributed by atoms with Gasteiger partial charge in [0.25, 0.3) is 0 Å². The van der Waals surface area contributed by atoms with Crippen LogP contribution in [0.3, 0.4) is 0 Å². The molecule has 95 heavy (non-hydrogen) atoms. The number of rotatable bonds is 27. The van der Waals surface area contributed by atoms with Crippen molar-refractivity contribution in [2.75, 3.05) is 191 Å². The Morgan fingerprint density at radius 2 is 0.589 bits per heavy atom. The summed E-state index contributed by atoms with van der Waals surface area (Å²) in [6.07, 6.45) is 0.639. The van der Waals surface area contributed by atoms with E-state index in [2.05, 4.69) is 221 Å². The summed E-state index contributed by atoms with van der Waals surface area (Å²) in [6, 6.07) is 32.2. The van der Waals surface area contributed by atoms with Crippen molar-refractivity contribution in [2.45, 2.75) is 106 Å². The Balaban J connectivity index is 0.716. The van der Waals surface area contributed by atoms with Crippen molar-refractivity contribution in [3.8, 4) is 34.5 Å². The number of benzene rings is 6. The van der Waals surface area contributed by atoms with Crippen LogP contribution in [0.5, 0.6) is 34.5 Å². The van der Waals surface area contributed by atoms with E-state index < -0.39 is 6.10 Å².